The van der Waals surface area contributed by atoms with Crippen LogP contribution in [0.15, 0.2) is 85.3 Å². The van der Waals surface area contributed by atoms with Gasteiger partial charge in [-0.3, -0.25) is 14.8 Å². The van der Waals surface area contributed by atoms with Gasteiger partial charge in [-0.05, 0) is 48.5 Å². The van der Waals surface area contributed by atoms with Crippen LogP contribution in [0.5, 0.6) is 0 Å². The van der Waals surface area contributed by atoms with Gasteiger partial charge in [-0.1, -0.05) is 18.2 Å². The number of nitrogens with one attached hydrogen (secondary N) is 2. The summed E-state index contributed by atoms with van der Waals surface area (Å²) in [5.74, 6) is -0.183. The third-order valence-corrected chi connectivity index (χ3v) is 3.98. The molecule has 0 unspecified atom stereocenters. The Hall–Kier alpha value is -3.73. The average molecular weight is 340 g/mol. The number of carbonyl (C=O) groups excluding carboxylic acids is 1. The molecule has 0 aliphatic rings. The van der Waals surface area contributed by atoms with Crippen molar-refractivity contribution in [3.05, 3.63) is 90.9 Å². The first-order valence-corrected chi connectivity index (χ1v) is 8.22. The number of aromatic nitrogens is 2. The van der Waals surface area contributed by atoms with Crippen LogP contribution in [0.2, 0.25) is 0 Å². The summed E-state index contributed by atoms with van der Waals surface area (Å²) >= 11 is 0. The molecule has 26 heavy (non-hydrogen) atoms. The number of anilines is 3. The van der Waals surface area contributed by atoms with Crippen LogP contribution in [0.25, 0.3) is 10.9 Å². The number of hydrogen-bond acceptors (Lipinski definition) is 4. The number of fused-ring (bicyclic) bond motifs is 1. The molecule has 0 aliphatic carbocycles. The first-order valence-electron chi connectivity index (χ1n) is 8.22. The van der Waals surface area contributed by atoms with E-state index >= 15 is 0 Å². The zero-order chi connectivity index (χ0) is 17.8. The molecule has 2 N–H and O–H groups in total. The van der Waals surface area contributed by atoms with Crippen LogP contribution < -0.4 is 10.6 Å². The highest BCUT2D eigenvalue weighted by Gasteiger charge is 2.06. The van der Waals surface area contributed by atoms with Gasteiger partial charge in [0.05, 0.1) is 16.8 Å². The van der Waals surface area contributed by atoms with Crippen molar-refractivity contribution in [2.45, 2.75) is 0 Å². The summed E-state index contributed by atoms with van der Waals surface area (Å²) in [5.41, 5.74) is 4.03. The number of para-hydroxylation sites is 1. The van der Waals surface area contributed by atoms with E-state index in [0.717, 1.165) is 28.0 Å². The SMILES string of the molecule is O=C(Nc1ccc(Nc2cccc3cccnc23)cc1)c1cccnc1. The van der Waals surface area contributed by atoms with Gasteiger partial charge in [0.15, 0.2) is 0 Å². The predicted octanol–water partition coefficient (Wildman–Crippen LogP) is 4.63. The van der Waals surface area contributed by atoms with E-state index in [0.29, 0.717) is 5.56 Å². The highest BCUT2D eigenvalue weighted by atomic mass is 16.1. The molecule has 0 aliphatic heterocycles. The van der Waals surface area contributed by atoms with E-state index in [1.54, 1.807) is 30.7 Å². The fraction of sp³-hybridized carbons (Fsp3) is 0. The quantitative estimate of drug-likeness (QED) is 0.568. The predicted molar refractivity (Wildman–Crippen MR) is 104 cm³/mol. The fourth-order valence-electron chi connectivity index (χ4n) is 2.70. The highest BCUT2D eigenvalue weighted by molar-refractivity contribution is 6.04. The number of benzene rings is 2. The lowest BCUT2D eigenvalue weighted by molar-refractivity contribution is 0.102. The maximum absolute atomic E-state index is 12.2. The Labute approximate surface area is 150 Å². The molecule has 0 bridgehead atoms. The Morgan fingerprint density at radius 3 is 2.38 bits per heavy atom. The number of pyridine rings is 2. The summed E-state index contributed by atoms with van der Waals surface area (Å²) in [6.45, 7) is 0. The number of carbonyl (C=O) groups is 1. The van der Waals surface area contributed by atoms with Crippen molar-refractivity contribution in [3.8, 4) is 0 Å². The van der Waals surface area contributed by atoms with Gasteiger partial charge in [0, 0.05) is 35.4 Å². The Morgan fingerprint density at radius 1 is 0.808 bits per heavy atom. The van der Waals surface area contributed by atoms with E-state index in [1.807, 2.05) is 54.6 Å². The zero-order valence-corrected chi connectivity index (χ0v) is 13.9. The molecule has 5 heteroatoms. The number of amides is 1. The Balaban J connectivity index is 1.50. The van der Waals surface area contributed by atoms with E-state index in [2.05, 4.69) is 20.6 Å². The van der Waals surface area contributed by atoms with E-state index in [1.165, 1.54) is 0 Å². The Bertz CT molecular complexity index is 1040. The van der Waals surface area contributed by atoms with Gasteiger partial charge in [-0.15, -0.1) is 0 Å². The molecule has 2 heterocycles. The molecule has 4 rings (SSSR count). The fourth-order valence-corrected chi connectivity index (χ4v) is 2.70. The maximum Gasteiger partial charge on any atom is 0.257 e. The topological polar surface area (TPSA) is 66.9 Å². The van der Waals surface area contributed by atoms with E-state index in [4.69, 9.17) is 0 Å². The van der Waals surface area contributed by atoms with Crippen LogP contribution in [0, 0.1) is 0 Å². The van der Waals surface area contributed by atoms with Crippen LogP contribution in [0.3, 0.4) is 0 Å². The van der Waals surface area contributed by atoms with Gasteiger partial charge < -0.3 is 10.6 Å². The van der Waals surface area contributed by atoms with Crippen molar-refractivity contribution >= 4 is 33.9 Å². The largest absolute Gasteiger partial charge is 0.354 e. The molecule has 5 nitrogen and oxygen atoms in total. The standard InChI is InChI=1S/C21H16N4O/c26-21(16-6-2-12-22-14-16)25-18-10-8-17(9-11-18)24-19-7-1-4-15-5-3-13-23-20(15)19/h1-14,24H,(H,25,26). The lowest BCUT2D eigenvalue weighted by Crippen LogP contribution is -2.11. The summed E-state index contributed by atoms with van der Waals surface area (Å²) in [6, 6.07) is 21.0. The van der Waals surface area contributed by atoms with Crippen LogP contribution in [-0.2, 0) is 0 Å². The molecule has 126 valence electrons. The van der Waals surface area contributed by atoms with Gasteiger partial charge in [-0.25, -0.2) is 0 Å². The summed E-state index contributed by atoms with van der Waals surface area (Å²) < 4.78 is 0. The first-order chi connectivity index (χ1) is 12.8. The second-order valence-corrected chi connectivity index (χ2v) is 5.78. The maximum atomic E-state index is 12.2. The number of rotatable bonds is 4. The second kappa shape index (κ2) is 7.03. The third-order valence-electron chi connectivity index (χ3n) is 3.98. The molecule has 0 saturated carbocycles. The second-order valence-electron chi connectivity index (χ2n) is 5.78. The van der Waals surface area contributed by atoms with Gasteiger partial charge in [0.2, 0.25) is 0 Å². The molecular formula is C21H16N4O. The zero-order valence-electron chi connectivity index (χ0n) is 13.9. The number of hydrogen-bond donors (Lipinski definition) is 2. The minimum absolute atomic E-state index is 0.183. The van der Waals surface area contributed by atoms with Crippen LogP contribution >= 0.6 is 0 Å². The minimum Gasteiger partial charge on any atom is -0.354 e. The molecule has 0 atom stereocenters. The molecule has 0 radical (unpaired) electrons. The van der Waals surface area contributed by atoms with Crippen molar-refractivity contribution in [3.63, 3.8) is 0 Å². The highest BCUT2D eigenvalue weighted by Crippen LogP contribution is 2.25. The van der Waals surface area contributed by atoms with Crippen molar-refractivity contribution in [2.24, 2.45) is 0 Å². The lowest BCUT2D eigenvalue weighted by Gasteiger charge is -2.10. The van der Waals surface area contributed by atoms with Gasteiger partial charge in [0.25, 0.3) is 5.91 Å². The molecule has 0 fully saturated rings. The third kappa shape index (κ3) is 3.37. The summed E-state index contributed by atoms with van der Waals surface area (Å²) in [6.07, 6.45) is 4.96. The normalized spacial score (nSPS) is 10.5. The molecule has 0 spiro atoms. The van der Waals surface area contributed by atoms with Crippen molar-refractivity contribution in [1.82, 2.24) is 9.97 Å². The van der Waals surface area contributed by atoms with Crippen molar-refractivity contribution in [2.75, 3.05) is 10.6 Å². The summed E-state index contributed by atoms with van der Waals surface area (Å²) in [5, 5.41) is 7.32. The summed E-state index contributed by atoms with van der Waals surface area (Å²) in [4.78, 5) is 20.6. The monoisotopic (exact) mass is 340 g/mol. The van der Waals surface area contributed by atoms with Crippen LogP contribution in [0.1, 0.15) is 10.4 Å². The Morgan fingerprint density at radius 2 is 1.58 bits per heavy atom. The molecule has 2 aromatic carbocycles. The molecule has 0 saturated heterocycles. The van der Waals surface area contributed by atoms with Gasteiger partial charge in [-0.2, -0.15) is 0 Å². The van der Waals surface area contributed by atoms with Crippen LogP contribution in [0.4, 0.5) is 17.1 Å². The van der Waals surface area contributed by atoms with E-state index < -0.39 is 0 Å². The average Bonchev–Trinajstić information content (AvgIpc) is 2.70. The lowest BCUT2D eigenvalue weighted by atomic mass is 10.2. The molecular weight excluding hydrogens is 324 g/mol. The van der Waals surface area contributed by atoms with Crippen LogP contribution in [-0.4, -0.2) is 15.9 Å². The summed E-state index contributed by atoms with van der Waals surface area (Å²) in [7, 11) is 0. The first kappa shape index (κ1) is 15.8. The Kier molecular flexibility index (Phi) is 4.26. The smallest absolute Gasteiger partial charge is 0.257 e. The van der Waals surface area contributed by atoms with Crippen molar-refractivity contribution < 1.29 is 4.79 Å². The molecule has 2 aromatic heterocycles. The molecule has 1 amide bonds. The van der Waals surface area contributed by atoms with E-state index in [9.17, 15) is 4.79 Å². The van der Waals surface area contributed by atoms with Gasteiger partial charge >= 0.3 is 0 Å². The van der Waals surface area contributed by atoms with Gasteiger partial charge in [0.1, 0.15) is 0 Å². The van der Waals surface area contributed by atoms with Crippen molar-refractivity contribution in [1.29, 1.82) is 0 Å². The number of nitrogens with zero attached hydrogens (tertiary/aromatic N) is 2. The molecule has 4 aromatic rings. The minimum atomic E-state index is -0.183. The van der Waals surface area contributed by atoms with E-state index in [-0.39, 0.29) is 5.91 Å².